The average molecular weight is 299 g/mol. The molecule has 0 radical (unpaired) electrons. The molecule has 0 atom stereocenters. The Morgan fingerprint density at radius 2 is 1.94 bits per heavy atom. The van der Waals surface area contributed by atoms with Crippen LogP contribution in [-0.4, -0.2) is 4.98 Å². The van der Waals surface area contributed by atoms with Gasteiger partial charge in [-0.05, 0) is 37.5 Å². The van der Waals surface area contributed by atoms with Gasteiger partial charge in [0.15, 0.2) is 0 Å². The predicted molar refractivity (Wildman–Crippen MR) is 73.3 cm³/mol. The lowest BCUT2D eigenvalue weighted by atomic mass is 10.1. The first-order valence-electron chi connectivity index (χ1n) is 5.30. The van der Waals surface area contributed by atoms with Crippen LogP contribution in [0.4, 0.5) is 0 Å². The van der Waals surface area contributed by atoms with Gasteiger partial charge in [0.05, 0.1) is 10.5 Å². The van der Waals surface area contributed by atoms with E-state index in [1.807, 2.05) is 19.1 Å². The second kappa shape index (κ2) is 4.34. The summed E-state index contributed by atoms with van der Waals surface area (Å²) in [5, 5.41) is 1.87. The zero-order valence-corrected chi connectivity index (χ0v) is 11.9. The smallest absolute Gasteiger partial charge is 0.0760 e. The van der Waals surface area contributed by atoms with E-state index in [9.17, 15) is 0 Å². The van der Waals surface area contributed by atoms with Crippen LogP contribution in [0.1, 0.15) is 23.7 Å². The number of aromatic nitrogens is 1. The lowest BCUT2D eigenvalue weighted by Gasteiger charge is -2.11. The van der Waals surface area contributed by atoms with Gasteiger partial charge in [-0.25, -0.2) is 0 Å². The summed E-state index contributed by atoms with van der Waals surface area (Å²) >= 11 is 9.90. The summed E-state index contributed by atoms with van der Waals surface area (Å²) in [5.41, 5.74) is 4.33. The molecule has 2 aromatic rings. The molecule has 0 aliphatic rings. The fourth-order valence-corrected chi connectivity index (χ4v) is 2.47. The monoisotopic (exact) mass is 297 g/mol. The Morgan fingerprint density at radius 1 is 1.25 bits per heavy atom. The third-order valence-corrected chi connectivity index (χ3v) is 4.29. The van der Waals surface area contributed by atoms with Crippen LogP contribution in [0.5, 0.6) is 0 Å². The number of nitrogens with zero attached hydrogens (tertiary/aromatic N) is 1. The van der Waals surface area contributed by atoms with Crippen LogP contribution in [0, 0.1) is 13.8 Å². The first-order chi connectivity index (χ1) is 7.56. The normalized spacial score (nSPS) is 11.1. The number of fused-ring (bicyclic) bond motifs is 1. The molecule has 3 heteroatoms. The van der Waals surface area contributed by atoms with Gasteiger partial charge in [-0.2, -0.15) is 0 Å². The minimum absolute atomic E-state index is 0.831. The highest BCUT2D eigenvalue weighted by Gasteiger charge is 2.11. The molecule has 0 unspecified atom stereocenters. The molecule has 0 bridgehead atoms. The maximum atomic E-state index is 6.38. The Balaban J connectivity index is 2.93. The lowest BCUT2D eigenvalue weighted by molar-refractivity contribution is 1.03. The molecular formula is C13H13BrClN. The number of halogens is 2. The Labute approximate surface area is 109 Å². The highest BCUT2D eigenvalue weighted by atomic mass is 79.9. The zero-order valence-electron chi connectivity index (χ0n) is 9.56. The van der Waals surface area contributed by atoms with E-state index in [4.69, 9.17) is 16.6 Å². The van der Waals surface area contributed by atoms with Crippen molar-refractivity contribution < 1.29 is 0 Å². The molecule has 1 nitrogen and oxygen atoms in total. The summed E-state index contributed by atoms with van der Waals surface area (Å²) in [7, 11) is 0. The Morgan fingerprint density at radius 3 is 2.56 bits per heavy atom. The molecule has 0 saturated heterocycles. The molecule has 1 aromatic carbocycles. The molecule has 0 spiro atoms. The highest BCUT2D eigenvalue weighted by molar-refractivity contribution is 9.10. The summed E-state index contributed by atoms with van der Waals surface area (Å²) in [6.45, 7) is 6.19. The van der Waals surface area contributed by atoms with Gasteiger partial charge in [0, 0.05) is 15.6 Å². The van der Waals surface area contributed by atoms with Crippen molar-refractivity contribution in [2.24, 2.45) is 0 Å². The van der Waals surface area contributed by atoms with E-state index in [2.05, 4.69) is 29.8 Å². The topological polar surface area (TPSA) is 12.9 Å². The third-order valence-electron chi connectivity index (χ3n) is 2.95. The second-order valence-electron chi connectivity index (χ2n) is 3.92. The van der Waals surface area contributed by atoms with E-state index in [1.165, 1.54) is 0 Å². The molecule has 0 aliphatic carbocycles. The van der Waals surface area contributed by atoms with Gasteiger partial charge in [-0.15, -0.1) is 0 Å². The van der Waals surface area contributed by atoms with E-state index in [0.29, 0.717) is 0 Å². The molecule has 0 aliphatic heterocycles. The van der Waals surface area contributed by atoms with E-state index in [-0.39, 0.29) is 0 Å². The molecule has 0 N–H and O–H groups in total. The number of aryl methyl sites for hydroxylation is 2. The van der Waals surface area contributed by atoms with Crippen molar-refractivity contribution in [2.75, 3.05) is 0 Å². The van der Waals surface area contributed by atoms with E-state index >= 15 is 0 Å². The minimum atomic E-state index is 0.831. The highest BCUT2D eigenvalue weighted by Crippen LogP contribution is 2.32. The number of rotatable bonds is 1. The number of hydrogen-bond acceptors (Lipinski definition) is 1. The van der Waals surface area contributed by atoms with Crippen LogP contribution in [0.3, 0.4) is 0 Å². The fourth-order valence-electron chi connectivity index (χ4n) is 1.89. The Bertz CT molecular complexity index is 564. The molecule has 0 amide bonds. The molecule has 84 valence electrons. The Hall–Kier alpha value is -0.600. The van der Waals surface area contributed by atoms with Crippen molar-refractivity contribution in [3.63, 3.8) is 0 Å². The summed E-state index contributed by atoms with van der Waals surface area (Å²) in [4.78, 5) is 4.70. The van der Waals surface area contributed by atoms with Crippen LogP contribution in [-0.2, 0) is 6.42 Å². The van der Waals surface area contributed by atoms with Crippen molar-refractivity contribution in [1.82, 2.24) is 4.98 Å². The summed E-state index contributed by atoms with van der Waals surface area (Å²) in [5.74, 6) is 0. The van der Waals surface area contributed by atoms with E-state index in [0.717, 1.165) is 43.6 Å². The maximum absolute atomic E-state index is 6.38. The predicted octanol–water partition coefficient (Wildman–Crippen LogP) is 4.83. The van der Waals surface area contributed by atoms with Crippen molar-refractivity contribution >= 4 is 38.4 Å². The number of hydrogen-bond donors (Lipinski definition) is 0. The molecule has 0 saturated carbocycles. The van der Waals surface area contributed by atoms with Gasteiger partial charge in [0.25, 0.3) is 0 Å². The van der Waals surface area contributed by atoms with E-state index < -0.39 is 0 Å². The maximum Gasteiger partial charge on any atom is 0.0760 e. The van der Waals surface area contributed by atoms with Crippen LogP contribution < -0.4 is 0 Å². The first kappa shape index (κ1) is 11.9. The minimum Gasteiger partial charge on any atom is -0.252 e. The molecule has 0 fully saturated rings. The molecule has 16 heavy (non-hydrogen) atoms. The molecular weight excluding hydrogens is 286 g/mol. The van der Waals surface area contributed by atoms with Gasteiger partial charge in [0.1, 0.15) is 0 Å². The summed E-state index contributed by atoms with van der Waals surface area (Å²) in [6, 6.07) is 4.05. The van der Waals surface area contributed by atoms with Crippen molar-refractivity contribution in [2.45, 2.75) is 27.2 Å². The van der Waals surface area contributed by atoms with Crippen molar-refractivity contribution in [3.8, 4) is 0 Å². The number of benzene rings is 1. The first-order valence-corrected chi connectivity index (χ1v) is 6.47. The lowest BCUT2D eigenvalue weighted by Crippen LogP contribution is -1.96. The fraction of sp³-hybridized carbons (Fsp3) is 0.308. The van der Waals surface area contributed by atoms with Crippen LogP contribution in [0.2, 0.25) is 5.02 Å². The van der Waals surface area contributed by atoms with Gasteiger partial charge in [-0.3, -0.25) is 4.98 Å². The van der Waals surface area contributed by atoms with Gasteiger partial charge < -0.3 is 0 Å². The summed E-state index contributed by atoms with van der Waals surface area (Å²) < 4.78 is 1.08. The van der Waals surface area contributed by atoms with Crippen LogP contribution >= 0.6 is 27.5 Å². The van der Waals surface area contributed by atoms with Gasteiger partial charge in [-0.1, -0.05) is 40.5 Å². The molecule has 1 heterocycles. The van der Waals surface area contributed by atoms with Gasteiger partial charge >= 0.3 is 0 Å². The molecule has 1 aromatic heterocycles. The summed E-state index contributed by atoms with van der Waals surface area (Å²) in [6.07, 6.45) is 0.910. The van der Waals surface area contributed by atoms with Crippen LogP contribution in [0.25, 0.3) is 10.9 Å². The zero-order chi connectivity index (χ0) is 11.9. The largest absolute Gasteiger partial charge is 0.252 e. The molecule has 2 rings (SSSR count). The van der Waals surface area contributed by atoms with E-state index in [1.54, 1.807) is 0 Å². The van der Waals surface area contributed by atoms with Crippen LogP contribution in [0.15, 0.2) is 16.6 Å². The van der Waals surface area contributed by atoms with Crippen molar-refractivity contribution in [1.29, 1.82) is 0 Å². The average Bonchev–Trinajstić information content (AvgIpc) is 2.28. The third kappa shape index (κ3) is 1.74. The van der Waals surface area contributed by atoms with Crippen molar-refractivity contribution in [3.05, 3.63) is 38.4 Å². The Kier molecular flexibility index (Phi) is 3.22. The SMILES string of the molecule is CCc1nc2c(C)c(Br)ccc2c(Cl)c1C. The second-order valence-corrected chi connectivity index (χ2v) is 5.15. The van der Waals surface area contributed by atoms with Gasteiger partial charge in [0.2, 0.25) is 0 Å². The standard InChI is InChI=1S/C13H13BrClN/c1-4-11-8(3)12(15)9-5-6-10(14)7(2)13(9)16-11/h5-6H,4H2,1-3H3. The quantitative estimate of drug-likeness (QED) is 0.735. The number of pyridine rings is 1.